The van der Waals surface area contributed by atoms with E-state index in [2.05, 4.69) is 42.4 Å². The summed E-state index contributed by atoms with van der Waals surface area (Å²) in [7, 11) is 0. The maximum atomic E-state index is 12.3. The van der Waals surface area contributed by atoms with E-state index in [0.717, 1.165) is 15.6 Å². The number of carbonyl (C=O) groups excluding carboxylic acids is 1. The van der Waals surface area contributed by atoms with Crippen LogP contribution in [0.5, 0.6) is 11.5 Å². The van der Waals surface area contributed by atoms with Gasteiger partial charge in [0.25, 0.3) is 5.91 Å². The fraction of sp³-hybridized carbons (Fsp3) is 0.130. The molecule has 30 heavy (non-hydrogen) atoms. The summed E-state index contributed by atoms with van der Waals surface area (Å²) < 4.78 is 13.2. The Hall–Kier alpha value is -2.64. The van der Waals surface area contributed by atoms with Crippen molar-refractivity contribution >= 4 is 44.0 Å². The molecule has 3 aromatic rings. The van der Waals surface area contributed by atoms with Crippen molar-refractivity contribution in [2.24, 2.45) is 5.10 Å². The topological polar surface area (TPSA) is 59.9 Å². The summed E-state index contributed by atoms with van der Waals surface area (Å²) in [6.07, 6.45) is 1.56. The Balaban J connectivity index is 1.73. The molecule has 0 heterocycles. The third-order valence-electron chi connectivity index (χ3n) is 4.09. The molecule has 0 radical (unpaired) electrons. The van der Waals surface area contributed by atoms with E-state index in [1.807, 2.05) is 55.5 Å². The van der Waals surface area contributed by atoms with Gasteiger partial charge in [-0.25, -0.2) is 5.43 Å². The molecule has 0 unspecified atom stereocenters. The molecule has 0 saturated carbocycles. The summed E-state index contributed by atoms with van der Waals surface area (Å²) >= 11 is 6.90. The van der Waals surface area contributed by atoms with Gasteiger partial charge in [-0.1, -0.05) is 42.5 Å². The van der Waals surface area contributed by atoms with Crippen molar-refractivity contribution in [3.8, 4) is 11.5 Å². The minimum absolute atomic E-state index is 0.303. The Morgan fingerprint density at radius 3 is 2.40 bits per heavy atom. The smallest absolute Gasteiger partial charge is 0.272 e. The summed E-state index contributed by atoms with van der Waals surface area (Å²) in [5, 5.41) is 4.07. The van der Waals surface area contributed by atoms with E-state index in [1.165, 1.54) is 0 Å². The van der Waals surface area contributed by atoms with Gasteiger partial charge in [-0.2, -0.15) is 5.10 Å². The average molecular weight is 532 g/mol. The van der Waals surface area contributed by atoms with Gasteiger partial charge in [0, 0.05) is 14.5 Å². The number of nitrogens with zero attached hydrogens (tertiary/aromatic N) is 1. The first-order valence-electron chi connectivity index (χ1n) is 9.29. The van der Waals surface area contributed by atoms with Gasteiger partial charge < -0.3 is 9.47 Å². The van der Waals surface area contributed by atoms with Gasteiger partial charge in [-0.15, -0.1) is 0 Å². The first-order chi connectivity index (χ1) is 14.6. The first kappa shape index (κ1) is 22.1. The van der Waals surface area contributed by atoms with E-state index in [-0.39, 0.29) is 5.91 Å². The van der Waals surface area contributed by atoms with Crippen LogP contribution < -0.4 is 14.9 Å². The molecule has 7 heteroatoms. The average Bonchev–Trinajstić information content (AvgIpc) is 2.75. The normalized spacial score (nSPS) is 10.8. The highest BCUT2D eigenvalue weighted by molar-refractivity contribution is 9.10. The molecule has 0 aromatic heterocycles. The van der Waals surface area contributed by atoms with Gasteiger partial charge in [-0.05, 0) is 68.6 Å². The predicted octanol–water partition coefficient (Wildman–Crippen LogP) is 5.95. The second-order valence-electron chi connectivity index (χ2n) is 6.21. The number of halogens is 2. The van der Waals surface area contributed by atoms with Crippen molar-refractivity contribution in [1.29, 1.82) is 0 Å². The number of nitrogens with one attached hydrogen (secondary N) is 1. The third kappa shape index (κ3) is 5.93. The quantitative estimate of drug-likeness (QED) is 0.288. The van der Waals surface area contributed by atoms with E-state index >= 15 is 0 Å². The Morgan fingerprint density at radius 1 is 0.967 bits per heavy atom. The molecule has 0 spiro atoms. The summed E-state index contributed by atoms with van der Waals surface area (Å²) in [5.41, 5.74) is 4.86. The van der Waals surface area contributed by atoms with Gasteiger partial charge in [0.05, 0.1) is 18.4 Å². The second-order valence-corrected chi connectivity index (χ2v) is 7.92. The summed E-state index contributed by atoms with van der Waals surface area (Å²) in [6, 6.07) is 20.7. The Labute approximate surface area is 192 Å². The molecule has 0 saturated heterocycles. The highest BCUT2D eigenvalue weighted by Crippen LogP contribution is 2.33. The van der Waals surface area contributed by atoms with Crippen molar-refractivity contribution in [3.05, 3.63) is 92.4 Å². The van der Waals surface area contributed by atoms with Crippen LogP contribution in [-0.2, 0) is 6.61 Å². The van der Waals surface area contributed by atoms with Crippen LogP contribution in [0.2, 0.25) is 0 Å². The predicted molar refractivity (Wildman–Crippen MR) is 125 cm³/mol. The lowest BCUT2D eigenvalue weighted by Crippen LogP contribution is -2.18. The van der Waals surface area contributed by atoms with Crippen LogP contribution in [0.4, 0.5) is 0 Å². The number of hydrazone groups is 1. The fourth-order valence-electron chi connectivity index (χ4n) is 2.63. The lowest BCUT2D eigenvalue weighted by atomic mass is 10.2. The van der Waals surface area contributed by atoms with Crippen LogP contribution >= 0.6 is 31.9 Å². The van der Waals surface area contributed by atoms with Crippen molar-refractivity contribution < 1.29 is 14.3 Å². The molecular weight excluding hydrogens is 512 g/mol. The Morgan fingerprint density at radius 2 is 1.67 bits per heavy atom. The maximum Gasteiger partial charge on any atom is 0.272 e. The zero-order valence-electron chi connectivity index (χ0n) is 16.3. The lowest BCUT2D eigenvalue weighted by molar-refractivity contribution is 0.0954. The molecule has 0 aliphatic rings. The minimum Gasteiger partial charge on any atom is -0.490 e. The molecular formula is C23H20Br2N2O3. The number of ether oxygens (including phenoxy) is 2. The first-order valence-corrected chi connectivity index (χ1v) is 10.9. The molecule has 0 bridgehead atoms. The maximum absolute atomic E-state index is 12.3. The van der Waals surface area contributed by atoms with Crippen LogP contribution in [-0.4, -0.2) is 18.7 Å². The lowest BCUT2D eigenvalue weighted by Gasteiger charge is -2.14. The summed E-state index contributed by atoms with van der Waals surface area (Å²) in [5.74, 6) is 0.930. The van der Waals surface area contributed by atoms with Crippen LogP contribution in [0.25, 0.3) is 0 Å². The molecule has 1 amide bonds. The van der Waals surface area contributed by atoms with E-state index in [1.54, 1.807) is 24.4 Å². The van der Waals surface area contributed by atoms with Gasteiger partial charge >= 0.3 is 0 Å². The number of hydrogen-bond acceptors (Lipinski definition) is 4. The van der Waals surface area contributed by atoms with Crippen LogP contribution in [0.1, 0.15) is 28.4 Å². The van der Waals surface area contributed by atoms with E-state index in [4.69, 9.17) is 9.47 Å². The van der Waals surface area contributed by atoms with Gasteiger partial charge in [0.15, 0.2) is 11.5 Å². The Kier molecular flexibility index (Phi) is 8.04. The van der Waals surface area contributed by atoms with Crippen molar-refractivity contribution in [1.82, 2.24) is 5.43 Å². The van der Waals surface area contributed by atoms with Gasteiger partial charge in [-0.3, -0.25) is 4.79 Å². The van der Waals surface area contributed by atoms with Crippen LogP contribution in [0, 0.1) is 0 Å². The third-order valence-corrected chi connectivity index (χ3v) is 5.47. The highest BCUT2D eigenvalue weighted by atomic mass is 79.9. The molecule has 3 aromatic carbocycles. The molecule has 1 N–H and O–H groups in total. The zero-order valence-corrected chi connectivity index (χ0v) is 19.4. The Bertz CT molecular complexity index is 1040. The highest BCUT2D eigenvalue weighted by Gasteiger charge is 2.11. The molecule has 154 valence electrons. The number of rotatable bonds is 8. The summed E-state index contributed by atoms with van der Waals surface area (Å²) in [6.45, 7) is 2.84. The largest absolute Gasteiger partial charge is 0.490 e. The number of benzene rings is 3. The monoisotopic (exact) mass is 530 g/mol. The van der Waals surface area contributed by atoms with Gasteiger partial charge in [0.2, 0.25) is 0 Å². The SMILES string of the molecule is CCOc1cc(/C=N\NC(=O)c2ccccc2Br)c(Br)cc1OCc1ccccc1. The molecule has 5 nitrogen and oxygen atoms in total. The van der Waals surface area contributed by atoms with E-state index in [0.29, 0.717) is 34.7 Å². The number of carbonyl (C=O) groups is 1. The van der Waals surface area contributed by atoms with Crippen LogP contribution in [0.3, 0.4) is 0 Å². The summed E-state index contributed by atoms with van der Waals surface area (Å²) in [4.78, 5) is 12.3. The molecule has 0 fully saturated rings. The van der Waals surface area contributed by atoms with Crippen LogP contribution in [0.15, 0.2) is 80.8 Å². The number of amides is 1. The number of hydrogen-bond donors (Lipinski definition) is 1. The van der Waals surface area contributed by atoms with E-state index in [9.17, 15) is 4.79 Å². The molecule has 0 atom stereocenters. The molecule has 0 aliphatic carbocycles. The van der Waals surface area contributed by atoms with Crippen molar-refractivity contribution in [2.45, 2.75) is 13.5 Å². The fourth-order valence-corrected chi connectivity index (χ4v) is 3.52. The molecule has 3 rings (SSSR count). The second kappa shape index (κ2) is 10.9. The van der Waals surface area contributed by atoms with Crippen molar-refractivity contribution in [3.63, 3.8) is 0 Å². The molecule has 0 aliphatic heterocycles. The zero-order chi connectivity index (χ0) is 21.3. The van der Waals surface area contributed by atoms with E-state index < -0.39 is 0 Å². The van der Waals surface area contributed by atoms with Crippen molar-refractivity contribution in [2.75, 3.05) is 6.61 Å². The standard InChI is InChI=1S/C23H20Br2N2O3/c1-2-29-21-12-17(14-26-27-23(28)18-10-6-7-11-19(18)24)20(25)13-22(21)30-15-16-8-4-3-5-9-16/h3-14H,2,15H2,1H3,(H,27,28)/b26-14-. The minimum atomic E-state index is -0.303. The van der Waals surface area contributed by atoms with Gasteiger partial charge in [0.1, 0.15) is 6.61 Å².